The smallest absolute Gasteiger partial charge is 0.228 e. The standard InChI is InChI=1S/C16H23N3O/c20-16(18-7-10-19-8-3-4-9-19)15-12-17-11-13-5-1-2-6-14(13)15/h1-2,5-6,15,17H,3-4,7-12H2,(H,18,20). The molecule has 2 aliphatic heterocycles. The van der Waals surface area contributed by atoms with Gasteiger partial charge in [0.25, 0.3) is 0 Å². The SMILES string of the molecule is O=C(NCCN1CCCC1)C1CNCc2ccccc21. The number of hydrogen-bond donors (Lipinski definition) is 2. The van der Waals surface area contributed by atoms with Crippen LogP contribution in [0.3, 0.4) is 0 Å². The van der Waals surface area contributed by atoms with Crippen molar-refractivity contribution in [1.82, 2.24) is 15.5 Å². The summed E-state index contributed by atoms with van der Waals surface area (Å²) in [5, 5.41) is 6.43. The zero-order chi connectivity index (χ0) is 13.8. The number of benzene rings is 1. The van der Waals surface area contributed by atoms with Crippen LogP contribution in [0.25, 0.3) is 0 Å². The number of nitrogens with one attached hydrogen (secondary N) is 2. The lowest BCUT2D eigenvalue weighted by atomic mass is 9.90. The molecule has 0 spiro atoms. The highest BCUT2D eigenvalue weighted by molar-refractivity contribution is 5.84. The van der Waals surface area contributed by atoms with E-state index < -0.39 is 0 Å². The molecule has 1 amide bonds. The monoisotopic (exact) mass is 273 g/mol. The second-order valence-electron chi connectivity index (χ2n) is 5.72. The van der Waals surface area contributed by atoms with E-state index >= 15 is 0 Å². The van der Waals surface area contributed by atoms with Gasteiger partial charge in [0.1, 0.15) is 0 Å². The van der Waals surface area contributed by atoms with Crippen molar-refractivity contribution in [2.24, 2.45) is 0 Å². The van der Waals surface area contributed by atoms with Gasteiger partial charge in [-0.1, -0.05) is 24.3 Å². The minimum absolute atomic E-state index is 0.0430. The predicted molar refractivity (Wildman–Crippen MR) is 79.6 cm³/mol. The fraction of sp³-hybridized carbons (Fsp3) is 0.562. The Hall–Kier alpha value is -1.39. The van der Waals surface area contributed by atoms with Crippen LogP contribution >= 0.6 is 0 Å². The van der Waals surface area contributed by atoms with Crippen LogP contribution in [0, 0.1) is 0 Å². The number of fused-ring (bicyclic) bond motifs is 1. The normalized spacial score (nSPS) is 22.5. The Morgan fingerprint density at radius 2 is 2.10 bits per heavy atom. The Morgan fingerprint density at radius 3 is 2.95 bits per heavy atom. The second-order valence-corrected chi connectivity index (χ2v) is 5.72. The summed E-state index contributed by atoms with van der Waals surface area (Å²) in [7, 11) is 0. The van der Waals surface area contributed by atoms with Gasteiger partial charge in [0.05, 0.1) is 5.92 Å². The number of carbonyl (C=O) groups excluding carboxylic acids is 1. The van der Waals surface area contributed by atoms with Crippen molar-refractivity contribution in [1.29, 1.82) is 0 Å². The van der Waals surface area contributed by atoms with Gasteiger partial charge in [-0.2, -0.15) is 0 Å². The highest BCUT2D eigenvalue weighted by Crippen LogP contribution is 2.23. The molecule has 3 rings (SSSR count). The summed E-state index contributed by atoms with van der Waals surface area (Å²) in [5.41, 5.74) is 2.43. The topological polar surface area (TPSA) is 44.4 Å². The third-order valence-electron chi connectivity index (χ3n) is 4.34. The lowest BCUT2D eigenvalue weighted by molar-refractivity contribution is -0.122. The fourth-order valence-corrected chi connectivity index (χ4v) is 3.20. The molecule has 1 aromatic rings. The lowest BCUT2D eigenvalue weighted by Crippen LogP contribution is -2.41. The zero-order valence-corrected chi connectivity index (χ0v) is 11.9. The molecule has 1 saturated heterocycles. The molecule has 1 unspecified atom stereocenters. The summed E-state index contributed by atoms with van der Waals surface area (Å²) in [6.07, 6.45) is 2.60. The molecule has 4 nitrogen and oxygen atoms in total. The maximum Gasteiger partial charge on any atom is 0.228 e. The van der Waals surface area contributed by atoms with Crippen molar-refractivity contribution in [3.63, 3.8) is 0 Å². The van der Waals surface area contributed by atoms with Crippen molar-refractivity contribution < 1.29 is 4.79 Å². The third kappa shape index (κ3) is 3.02. The van der Waals surface area contributed by atoms with Gasteiger partial charge < -0.3 is 15.5 Å². The molecular weight excluding hydrogens is 250 g/mol. The second kappa shape index (κ2) is 6.37. The molecule has 2 aliphatic rings. The van der Waals surface area contributed by atoms with Gasteiger partial charge in [-0.3, -0.25) is 4.79 Å². The highest BCUT2D eigenvalue weighted by atomic mass is 16.1. The quantitative estimate of drug-likeness (QED) is 0.863. The lowest BCUT2D eigenvalue weighted by Gasteiger charge is -2.26. The van der Waals surface area contributed by atoms with Crippen LogP contribution in [0.4, 0.5) is 0 Å². The molecule has 2 N–H and O–H groups in total. The summed E-state index contributed by atoms with van der Waals surface area (Å²) in [4.78, 5) is 14.8. The summed E-state index contributed by atoms with van der Waals surface area (Å²) >= 11 is 0. The van der Waals surface area contributed by atoms with Gasteiger partial charge in [-0.15, -0.1) is 0 Å². The maximum atomic E-state index is 12.4. The number of likely N-dealkylation sites (tertiary alicyclic amines) is 1. The van der Waals surface area contributed by atoms with Crippen LogP contribution in [-0.2, 0) is 11.3 Å². The molecular formula is C16H23N3O. The fourth-order valence-electron chi connectivity index (χ4n) is 3.20. The van der Waals surface area contributed by atoms with Crippen LogP contribution in [0.2, 0.25) is 0 Å². The van der Waals surface area contributed by atoms with Crippen molar-refractivity contribution in [3.05, 3.63) is 35.4 Å². The van der Waals surface area contributed by atoms with Crippen molar-refractivity contribution in [2.75, 3.05) is 32.7 Å². The van der Waals surface area contributed by atoms with E-state index in [-0.39, 0.29) is 11.8 Å². The number of amides is 1. The summed E-state index contributed by atoms with van der Waals surface area (Å²) in [6, 6.07) is 8.25. The number of carbonyl (C=O) groups is 1. The predicted octanol–water partition coefficient (Wildman–Crippen LogP) is 1.09. The average molecular weight is 273 g/mol. The molecule has 2 heterocycles. The van der Waals surface area contributed by atoms with E-state index in [0.29, 0.717) is 0 Å². The molecule has 20 heavy (non-hydrogen) atoms. The zero-order valence-electron chi connectivity index (χ0n) is 11.9. The number of hydrogen-bond acceptors (Lipinski definition) is 3. The third-order valence-corrected chi connectivity index (χ3v) is 4.34. The first kappa shape index (κ1) is 13.6. The molecule has 108 valence electrons. The van der Waals surface area contributed by atoms with Gasteiger partial charge in [-0.05, 0) is 37.1 Å². The molecule has 1 atom stereocenters. The Morgan fingerprint density at radius 1 is 1.30 bits per heavy atom. The summed E-state index contributed by atoms with van der Waals surface area (Å²) in [5.74, 6) is 0.113. The molecule has 1 fully saturated rings. The van der Waals surface area contributed by atoms with Crippen molar-refractivity contribution >= 4 is 5.91 Å². The Bertz CT molecular complexity index is 469. The van der Waals surface area contributed by atoms with Gasteiger partial charge in [-0.25, -0.2) is 0 Å². The molecule has 1 aromatic carbocycles. The van der Waals surface area contributed by atoms with Gasteiger partial charge in [0.15, 0.2) is 0 Å². The largest absolute Gasteiger partial charge is 0.354 e. The molecule has 0 aliphatic carbocycles. The number of nitrogens with zero attached hydrogens (tertiary/aromatic N) is 1. The van der Waals surface area contributed by atoms with E-state index in [2.05, 4.69) is 27.7 Å². The van der Waals surface area contributed by atoms with E-state index in [4.69, 9.17) is 0 Å². The van der Waals surface area contributed by atoms with E-state index in [9.17, 15) is 4.79 Å². The Labute approximate surface area is 120 Å². The first-order chi connectivity index (χ1) is 9.84. The van der Waals surface area contributed by atoms with Gasteiger partial charge >= 0.3 is 0 Å². The van der Waals surface area contributed by atoms with Crippen LogP contribution in [-0.4, -0.2) is 43.5 Å². The molecule has 0 bridgehead atoms. The maximum absolute atomic E-state index is 12.4. The van der Waals surface area contributed by atoms with E-state index in [1.165, 1.54) is 37.1 Å². The van der Waals surface area contributed by atoms with Gasteiger partial charge in [0.2, 0.25) is 5.91 Å². The summed E-state index contributed by atoms with van der Waals surface area (Å²) < 4.78 is 0. The number of rotatable bonds is 4. The first-order valence-electron chi connectivity index (χ1n) is 7.63. The van der Waals surface area contributed by atoms with E-state index in [0.717, 1.165) is 26.2 Å². The Kier molecular flexibility index (Phi) is 4.33. The average Bonchev–Trinajstić information content (AvgIpc) is 3.00. The van der Waals surface area contributed by atoms with Gasteiger partial charge in [0, 0.05) is 26.2 Å². The molecule has 0 saturated carbocycles. The van der Waals surface area contributed by atoms with Crippen LogP contribution < -0.4 is 10.6 Å². The van der Waals surface area contributed by atoms with E-state index in [1.54, 1.807) is 0 Å². The van der Waals surface area contributed by atoms with Crippen LogP contribution in [0.1, 0.15) is 29.9 Å². The van der Waals surface area contributed by atoms with Crippen molar-refractivity contribution in [2.45, 2.75) is 25.3 Å². The molecule has 4 heteroatoms. The van der Waals surface area contributed by atoms with Crippen LogP contribution in [0.15, 0.2) is 24.3 Å². The first-order valence-corrected chi connectivity index (χ1v) is 7.63. The van der Waals surface area contributed by atoms with E-state index in [1.807, 2.05) is 12.1 Å². The summed E-state index contributed by atoms with van der Waals surface area (Å²) in [6.45, 7) is 5.72. The molecule has 0 radical (unpaired) electrons. The van der Waals surface area contributed by atoms with Crippen molar-refractivity contribution in [3.8, 4) is 0 Å². The Balaban J connectivity index is 1.55. The highest BCUT2D eigenvalue weighted by Gasteiger charge is 2.25. The van der Waals surface area contributed by atoms with Crippen LogP contribution in [0.5, 0.6) is 0 Å². The molecule has 0 aromatic heterocycles. The minimum atomic E-state index is -0.0430. The minimum Gasteiger partial charge on any atom is -0.354 e.